The number of alkyl halides is 3. The lowest BCUT2D eigenvalue weighted by molar-refractivity contribution is -0.154. The summed E-state index contributed by atoms with van der Waals surface area (Å²) in [5.74, 6) is -4.96. The molecule has 0 unspecified atom stereocenters. The Morgan fingerprint density at radius 2 is 1.75 bits per heavy atom. The zero-order valence-electron chi connectivity index (χ0n) is 18.2. The lowest BCUT2D eigenvalue weighted by Crippen LogP contribution is -2.28. The molecule has 0 spiro atoms. The number of benzene rings is 3. The molecule has 1 aromatic heterocycles. The summed E-state index contributed by atoms with van der Waals surface area (Å²) in [4.78, 5) is 24.9. The molecule has 0 aliphatic heterocycles. The van der Waals surface area contributed by atoms with E-state index in [0.29, 0.717) is 5.02 Å². The molecule has 11 heteroatoms. The van der Waals surface area contributed by atoms with Crippen molar-refractivity contribution in [1.29, 1.82) is 0 Å². The summed E-state index contributed by atoms with van der Waals surface area (Å²) in [6.07, 6.45) is -5.12. The van der Waals surface area contributed by atoms with Gasteiger partial charge in [-0.1, -0.05) is 35.9 Å². The smallest absolute Gasteiger partial charge is 0.453 e. The molecular weight excluding hydrogens is 506 g/mol. The van der Waals surface area contributed by atoms with Crippen LogP contribution in [0.4, 0.5) is 17.6 Å². The number of hydrogen-bond donors (Lipinski definition) is 1. The highest BCUT2D eigenvalue weighted by molar-refractivity contribution is 6.30. The molecule has 186 valence electrons. The van der Waals surface area contributed by atoms with E-state index < -0.39 is 52.8 Å². The highest BCUT2D eigenvalue weighted by atomic mass is 35.5. The van der Waals surface area contributed by atoms with Crippen molar-refractivity contribution < 1.29 is 36.2 Å². The molecule has 36 heavy (non-hydrogen) atoms. The van der Waals surface area contributed by atoms with Crippen molar-refractivity contribution in [3.63, 3.8) is 0 Å². The topological polar surface area (TPSA) is 77.8 Å². The van der Waals surface area contributed by atoms with Gasteiger partial charge in [-0.2, -0.15) is 13.2 Å². The van der Waals surface area contributed by atoms with Crippen molar-refractivity contribution in [3.05, 3.63) is 99.1 Å². The number of amides is 1. The molecule has 0 fully saturated rings. The van der Waals surface area contributed by atoms with E-state index in [0.717, 1.165) is 29.8 Å². The molecule has 4 rings (SSSR count). The minimum absolute atomic E-state index is 0.0109. The van der Waals surface area contributed by atoms with Gasteiger partial charge >= 0.3 is 6.18 Å². The summed E-state index contributed by atoms with van der Waals surface area (Å²) >= 11 is 5.81. The predicted molar refractivity (Wildman–Crippen MR) is 123 cm³/mol. The van der Waals surface area contributed by atoms with Gasteiger partial charge in [0.1, 0.15) is 11.3 Å². The van der Waals surface area contributed by atoms with E-state index in [2.05, 4.69) is 5.32 Å². The first kappa shape index (κ1) is 25.1. The number of carbonyl (C=O) groups excluding carboxylic acids is 1. The predicted octanol–water partition coefficient (Wildman–Crippen LogP) is 6.09. The molecule has 0 aliphatic rings. The van der Waals surface area contributed by atoms with Gasteiger partial charge in [-0.05, 0) is 42.0 Å². The third-order valence-corrected chi connectivity index (χ3v) is 5.15. The van der Waals surface area contributed by atoms with E-state index in [4.69, 9.17) is 25.5 Å². The molecular formula is C25H16ClF4NO5. The van der Waals surface area contributed by atoms with Gasteiger partial charge in [0, 0.05) is 17.6 Å². The number of fused-ring (bicyclic) bond motifs is 1. The molecule has 0 radical (unpaired) electrons. The number of rotatable bonds is 7. The fourth-order valence-corrected chi connectivity index (χ4v) is 3.29. The number of nitrogens with one attached hydrogen (secondary N) is 1. The van der Waals surface area contributed by atoms with Crippen LogP contribution in [0.15, 0.2) is 75.9 Å². The molecule has 3 aromatic carbocycles. The van der Waals surface area contributed by atoms with Crippen molar-refractivity contribution in [2.24, 2.45) is 0 Å². The van der Waals surface area contributed by atoms with Gasteiger partial charge in [-0.25, -0.2) is 4.39 Å². The minimum atomic E-state index is -5.12. The maximum absolute atomic E-state index is 13.9. The van der Waals surface area contributed by atoms with E-state index in [1.165, 1.54) is 18.2 Å². The quantitative estimate of drug-likeness (QED) is 0.298. The first-order chi connectivity index (χ1) is 17.1. The third kappa shape index (κ3) is 5.77. The van der Waals surface area contributed by atoms with Crippen LogP contribution in [-0.4, -0.2) is 12.5 Å². The van der Waals surface area contributed by atoms with Gasteiger partial charge in [0.2, 0.25) is 11.2 Å². The van der Waals surface area contributed by atoms with Crippen LogP contribution in [0.2, 0.25) is 5.02 Å². The Morgan fingerprint density at radius 3 is 2.44 bits per heavy atom. The maximum Gasteiger partial charge on any atom is 0.453 e. The van der Waals surface area contributed by atoms with Crippen LogP contribution in [-0.2, 0) is 17.5 Å². The monoisotopic (exact) mass is 521 g/mol. The van der Waals surface area contributed by atoms with Gasteiger partial charge in [-0.15, -0.1) is 0 Å². The van der Waals surface area contributed by atoms with Crippen LogP contribution in [0, 0.1) is 5.82 Å². The van der Waals surface area contributed by atoms with Gasteiger partial charge in [-0.3, -0.25) is 9.59 Å². The van der Waals surface area contributed by atoms with Crippen molar-refractivity contribution in [2.45, 2.75) is 12.7 Å². The van der Waals surface area contributed by atoms with Gasteiger partial charge < -0.3 is 19.2 Å². The largest absolute Gasteiger partial charge is 0.484 e. The lowest BCUT2D eigenvalue weighted by atomic mass is 10.2. The van der Waals surface area contributed by atoms with E-state index in [1.54, 1.807) is 24.3 Å². The number of ether oxygens (including phenoxy) is 2. The van der Waals surface area contributed by atoms with Crippen LogP contribution in [0.3, 0.4) is 0 Å². The molecule has 0 aliphatic carbocycles. The normalized spacial score (nSPS) is 11.4. The lowest BCUT2D eigenvalue weighted by Gasteiger charge is -2.14. The highest BCUT2D eigenvalue weighted by Crippen LogP contribution is 2.39. The molecule has 0 atom stereocenters. The third-order valence-electron chi connectivity index (χ3n) is 4.90. The van der Waals surface area contributed by atoms with E-state index >= 15 is 0 Å². The molecule has 0 saturated carbocycles. The Hall–Kier alpha value is -4.05. The highest BCUT2D eigenvalue weighted by Gasteiger charge is 2.40. The first-order valence-corrected chi connectivity index (χ1v) is 10.7. The number of carbonyl (C=O) groups is 1. The molecule has 6 nitrogen and oxygen atoms in total. The van der Waals surface area contributed by atoms with E-state index in [-0.39, 0.29) is 17.7 Å². The fourth-order valence-electron chi connectivity index (χ4n) is 3.17. The number of halogens is 5. The Bertz CT molecular complexity index is 1470. The summed E-state index contributed by atoms with van der Waals surface area (Å²) in [5.41, 5.74) is -0.806. The van der Waals surface area contributed by atoms with Gasteiger partial charge in [0.15, 0.2) is 18.2 Å². The van der Waals surface area contributed by atoms with Crippen molar-refractivity contribution in [3.8, 4) is 17.2 Å². The average molecular weight is 522 g/mol. The SMILES string of the molecule is O=C(COc1ccc2c(=O)c(Oc3ccccc3F)c(C(F)(F)F)oc2c1)NCc1ccc(Cl)cc1. The maximum atomic E-state index is 13.9. The van der Waals surface area contributed by atoms with Crippen LogP contribution in [0.5, 0.6) is 17.2 Å². The molecule has 4 aromatic rings. The summed E-state index contributed by atoms with van der Waals surface area (Å²) in [6, 6.07) is 15.0. The Kier molecular flexibility index (Phi) is 7.16. The van der Waals surface area contributed by atoms with Crippen LogP contribution >= 0.6 is 11.6 Å². The van der Waals surface area contributed by atoms with Gasteiger partial charge in [0.25, 0.3) is 11.7 Å². The Balaban J connectivity index is 1.55. The average Bonchev–Trinajstić information content (AvgIpc) is 2.84. The second-order valence-corrected chi connectivity index (χ2v) is 7.91. The Labute approximate surface area is 206 Å². The fraction of sp³-hybridized carbons (Fsp3) is 0.120. The summed E-state index contributed by atoms with van der Waals surface area (Å²) in [6.45, 7) is -0.227. The van der Waals surface area contributed by atoms with Crippen LogP contribution in [0.25, 0.3) is 11.0 Å². The number of para-hydroxylation sites is 1. The molecule has 0 bridgehead atoms. The molecule has 0 saturated heterocycles. The molecule has 1 N–H and O–H groups in total. The summed E-state index contributed by atoms with van der Waals surface area (Å²) in [5, 5.41) is 2.92. The molecule has 1 amide bonds. The number of hydrogen-bond acceptors (Lipinski definition) is 5. The van der Waals surface area contributed by atoms with Crippen molar-refractivity contribution in [2.75, 3.05) is 6.61 Å². The summed E-state index contributed by atoms with van der Waals surface area (Å²) < 4.78 is 70.2. The van der Waals surface area contributed by atoms with E-state index in [1.807, 2.05) is 0 Å². The Morgan fingerprint density at radius 1 is 1.03 bits per heavy atom. The summed E-state index contributed by atoms with van der Waals surface area (Å²) in [7, 11) is 0. The van der Waals surface area contributed by atoms with Crippen LogP contribution < -0.4 is 20.2 Å². The van der Waals surface area contributed by atoms with Crippen molar-refractivity contribution >= 4 is 28.5 Å². The second-order valence-electron chi connectivity index (χ2n) is 7.47. The van der Waals surface area contributed by atoms with Crippen molar-refractivity contribution in [1.82, 2.24) is 5.32 Å². The molecule has 1 heterocycles. The standard InChI is InChI=1S/C25H16ClF4NO5/c26-15-7-5-14(6-8-15)12-31-21(32)13-34-16-9-10-17-20(11-16)36-24(25(28,29)30)23(22(17)33)35-19-4-2-1-3-18(19)27/h1-11H,12-13H2,(H,31,32). The van der Waals surface area contributed by atoms with E-state index in [9.17, 15) is 27.2 Å². The van der Waals surface area contributed by atoms with Crippen LogP contribution in [0.1, 0.15) is 11.3 Å². The zero-order valence-corrected chi connectivity index (χ0v) is 19.0. The first-order valence-electron chi connectivity index (χ1n) is 10.4. The second kappa shape index (κ2) is 10.3. The zero-order chi connectivity index (χ0) is 25.9. The minimum Gasteiger partial charge on any atom is -0.484 e. The van der Waals surface area contributed by atoms with Gasteiger partial charge in [0.05, 0.1) is 5.39 Å².